The zero-order chi connectivity index (χ0) is 19.3. The Morgan fingerprint density at radius 1 is 1.04 bits per heavy atom. The first-order valence-corrected chi connectivity index (χ1v) is 9.83. The van der Waals surface area contributed by atoms with Gasteiger partial charge < -0.3 is 9.47 Å². The van der Waals surface area contributed by atoms with Gasteiger partial charge in [0.2, 0.25) is 6.29 Å². The van der Waals surface area contributed by atoms with Crippen molar-refractivity contribution in [2.75, 3.05) is 0 Å². The summed E-state index contributed by atoms with van der Waals surface area (Å²) in [5.41, 5.74) is 2.66. The minimum absolute atomic E-state index is 0.0562. The van der Waals surface area contributed by atoms with Crippen molar-refractivity contribution in [1.82, 2.24) is 0 Å². The maximum atomic E-state index is 13.8. The van der Waals surface area contributed by atoms with E-state index >= 15 is 0 Å². The molecule has 2 aromatic carbocycles. The normalized spacial score (nSPS) is 28.4. The first-order valence-electron chi connectivity index (χ1n) is 9.83. The lowest BCUT2D eigenvalue weighted by Gasteiger charge is -2.55. The van der Waals surface area contributed by atoms with Crippen LogP contribution in [0.3, 0.4) is 0 Å². The first kappa shape index (κ1) is 18.2. The smallest absolute Gasteiger partial charge is 0.205 e. The number of carbonyl (C=O) groups excluding carboxylic acids is 1. The third kappa shape index (κ3) is 2.80. The van der Waals surface area contributed by atoms with Crippen LogP contribution in [0, 0.1) is 24.2 Å². The molecule has 0 saturated carbocycles. The Kier molecular flexibility index (Phi) is 4.38. The third-order valence-corrected chi connectivity index (χ3v) is 6.26. The van der Waals surface area contributed by atoms with Crippen LogP contribution in [0.4, 0.5) is 0 Å². The van der Waals surface area contributed by atoms with E-state index in [-0.39, 0.29) is 41.3 Å². The molecule has 4 atom stereocenters. The molecule has 0 aliphatic carbocycles. The number of ketones is 1. The largest absolute Gasteiger partial charge is 0.464 e. The van der Waals surface area contributed by atoms with Crippen molar-refractivity contribution in [3.05, 3.63) is 65.2 Å². The minimum Gasteiger partial charge on any atom is -0.464 e. The second kappa shape index (κ2) is 6.49. The molecule has 0 N–H and O–H groups in total. The molecule has 1 fully saturated rings. The van der Waals surface area contributed by atoms with E-state index in [1.807, 2.05) is 49.4 Å². The molecule has 0 amide bonds. The standard InChI is InChI=1S/C24H28O3/c1-14(2)22-19(21(25)16-11-7-6-10-15(16)3)20-17-12-8-9-13-18(17)26-23(27-22)24(20,4)5/h6-14,19-20,22-23H,1-5H3/t19-,20-,22-,23+/m0/s1. The first-order chi connectivity index (χ1) is 12.8. The number of Topliss-reactive ketones (excluding diaryl/α,β-unsaturated/α-hetero) is 1. The molecule has 2 heterocycles. The molecular formula is C24H28O3. The monoisotopic (exact) mass is 364 g/mol. The predicted octanol–water partition coefficient (Wildman–Crippen LogP) is 5.38. The molecule has 0 aromatic heterocycles. The van der Waals surface area contributed by atoms with E-state index in [0.29, 0.717) is 0 Å². The van der Waals surface area contributed by atoms with Crippen LogP contribution in [0.5, 0.6) is 5.75 Å². The van der Waals surface area contributed by atoms with Crippen molar-refractivity contribution < 1.29 is 14.3 Å². The summed E-state index contributed by atoms with van der Waals surface area (Å²) >= 11 is 0. The van der Waals surface area contributed by atoms with Crippen molar-refractivity contribution >= 4 is 5.78 Å². The fraction of sp³-hybridized carbons (Fsp3) is 0.458. The Hall–Kier alpha value is -2.13. The number of rotatable bonds is 3. The van der Waals surface area contributed by atoms with Crippen LogP contribution in [-0.4, -0.2) is 18.2 Å². The van der Waals surface area contributed by atoms with E-state index in [0.717, 1.165) is 22.4 Å². The van der Waals surface area contributed by atoms with Crippen LogP contribution in [-0.2, 0) is 4.74 Å². The third-order valence-electron chi connectivity index (χ3n) is 6.26. The number of para-hydroxylation sites is 1. The zero-order valence-electron chi connectivity index (χ0n) is 16.7. The SMILES string of the molecule is Cc1ccccc1C(=O)[C@H]1[C@H](C(C)C)O[C@H]2Oc3ccccc3[C@@H]1C2(C)C. The summed E-state index contributed by atoms with van der Waals surface area (Å²) < 4.78 is 12.7. The van der Waals surface area contributed by atoms with Crippen molar-refractivity contribution in [3.63, 3.8) is 0 Å². The van der Waals surface area contributed by atoms with Crippen LogP contribution in [0.2, 0.25) is 0 Å². The van der Waals surface area contributed by atoms with Crippen molar-refractivity contribution in [3.8, 4) is 5.75 Å². The molecule has 1 saturated heterocycles. The van der Waals surface area contributed by atoms with Gasteiger partial charge in [0, 0.05) is 16.9 Å². The van der Waals surface area contributed by atoms with E-state index in [2.05, 4.69) is 33.8 Å². The second-order valence-electron chi connectivity index (χ2n) is 8.84. The fourth-order valence-corrected chi connectivity index (χ4v) is 4.84. The number of ether oxygens (including phenoxy) is 2. The molecule has 2 bridgehead atoms. The lowest BCUT2D eigenvalue weighted by Crippen LogP contribution is -2.59. The summed E-state index contributed by atoms with van der Waals surface area (Å²) in [6.07, 6.45) is -0.515. The van der Waals surface area contributed by atoms with Crippen molar-refractivity contribution in [1.29, 1.82) is 0 Å². The Balaban J connectivity index is 1.89. The van der Waals surface area contributed by atoms with Crippen LogP contribution in [0.25, 0.3) is 0 Å². The van der Waals surface area contributed by atoms with Gasteiger partial charge in [-0.1, -0.05) is 70.2 Å². The maximum Gasteiger partial charge on any atom is 0.205 e. The summed E-state index contributed by atoms with van der Waals surface area (Å²) in [5.74, 6) is 1.07. The fourth-order valence-electron chi connectivity index (χ4n) is 4.84. The van der Waals surface area contributed by atoms with Gasteiger partial charge in [-0.2, -0.15) is 0 Å². The summed E-state index contributed by atoms with van der Waals surface area (Å²) in [4.78, 5) is 13.8. The van der Waals surface area contributed by atoms with Gasteiger partial charge in [0.05, 0.1) is 12.0 Å². The van der Waals surface area contributed by atoms with Gasteiger partial charge in [0.1, 0.15) is 5.75 Å². The van der Waals surface area contributed by atoms with Gasteiger partial charge >= 0.3 is 0 Å². The van der Waals surface area contributed by atoms with Gasteiger partial charge in [0.25, 0.3) is 0 Å². The quantitative estimate of drug-likeness (QED) is 0.686. The minimum atomic E-state index is -0.342. The van der Waals surface area contributed by atoms with Gasteiger partial charge in [-0.05, 0) is 30.0 Å². The van der Waals surface area contributed by atoms with E-state index in [9.17, 15) is 4.79 Å². The van der Waals surface area contributed by atoms with Gasteiger partial charge in [-0.25, -0.2) is 0 Å². The molecule has 0 spiro atoms. The topological polar surface area (TPSA) is 35.5 Å². The van der Waals surface area contributed by atoms with Gasteiger partial charge in [-0.15, -0.1) is 0 Å². The summed E-state index contributed by atoms with van der Waals surface area (Å²) in [7, 11) is 0. The maximum absolute atomic E-state index is 13.8. The van der Waals surface area contributed by atoms with Crippen LogP contribution >= 0.6 is 0 Å². The Bertz CT molecular complexity index is 867. The van der Waals surface area contributed by atoms with E-state index < -0.39 is 0 Å². The Morgan fingerprint density at radius 2 is 1.70 bits per heavy atom. The molecule has 4 rings (SSSR count). The lowest BCUT2D eigenvalue weighted by atomic mass is 9.60. The molecule has 3 nitrogen and oxygen atoms in total. The zero-order valence-corrected chi connectivity index (χ0v) is 16.7. The van der Waals surface area contributed by atoms with E-state index in [1.54, 1.807) is 0 Å². The number of hydrogen-bond donors (Lipinski definition) is 0. The average Bonchev–Trinajstić information content (AvgIpc) is 2.61. The number of benzene rings is 2. The highest BCUT2D eigenvalue weighted by Gasteiger charge is 2.58. The number of aryl methyl sites for hydroxylation is 1. The van der Waals surface area contributed by atoms with Crippen molar-refractivity contribution in [2.24, 2.45) is 17.3 Å². The van der Waals surface area contributed by atoms with Crippen LogP contribution in [0.15, 0.2) is 48.5 Å². The van der Waals surface area contributed by atoms with E-state index in [1.165, 1.54) is 0 Å². The van der Waals surface area contributed by atoms with Gasteiger partial charge in [0.15, 0.2) is 5.78 Å². The van der Waals surface area contributed by atoms with Crippen LogP contribution in [0.1, 0.15) is 55.1 Å². The summed E-state index contributed by atoms with van der Waals surface area (Å²) in [5, 5.41) is 0. The molecule has 27 heavy (non-hydrogen) atoms. The molecule has 2 aliphatic rings. The summed E-state index contributed by atoms with van der Waals surface area (Å²) in [6.45, 7) is 10.6. The lowest BCUT2D eigenvalue weighted by molar-refractivity contribution is -0.249. The van der Waals surface area contributed by atoms with Crippen LogP contribution < -0.4 is 4.74 Å². The highest BCUT2D eigenvalue weighted by atomic mass is 16.7. The van der Waals surface area contributed by atoms with Gasteiger partial charge in [-0.3, -0.25) is 4.79 Å². The molecule has 2 aliphatic heterocycles. The molecular weight excluding hydrogens is 336 g/mol. The number of fused-ring (bicyclic) bond motifs is 4. The highest BCUT2D eigenvalue weighted by Crippen LogP contribution is 2.57. The van der Waals surface area contributed by atoms with E-state index in [4.69, 9.17) is 9.47 Å². The van der Waals surface area contributed by atoms with Crippen molar-refractivity contribution in [2.45, 2.75) is 52.9 Å². The molecule has 2 aromatic rings. The molecule has 0 unspecified atom stereocenters. The Morgan fingerprint density at radius 3 is 2.41 bits per heavy atom. The molecule has 142 valence electrons. The number of carbonyl (C=O) groups is 1. The molecule has 0 radical (unpaired) electrons. The second-order valence-corrected chi connectivity index (χ2v) is 8.84. The molecule has 3 heteroatoms. The Labute approximate surface area is 161 Å². The highest BCUT2D eigenvalue weighted by molar-refractivity contribution is 6.00. The average molecular weight is 364 g/mol. The summed E-state index contributed by atoms with van der Waals surface area (Å²) in [6, 6.07) is 16.0. The number of hydrogen-bond acceptors (Lipinski definition) is 3. The predicted molar refractivity (Wildman–Crippen MR) is 106 cm³/mol.